The van der Waals surface area contributed by atoms with Gasteiger partial charge in [0.15, 0.2) is 5.78 Å². The Balaban J connectivity index is 1.37. The smallest absolute Gasteiger partial charge is 0.343 e. The second-order valence-corrected chi connectivity index (χ2v) is 10.5. The molecule has 10 heteroatoms. The highest BCUT2D eigenvalue weighted by Gasteiger charge is 2.53. The maximum atomic E-state index is 13.6. The topological polar surface area (TPSA) is 110 Å². The molecule has 5 rings (SSSR count). The van der Waals surface area contributed by atoms with Gasteiger partial charge in [-0.1, -0.05) is 36.7 Å². The highest BCUT2D eigenvalue weighted by molar-refractivity contribution is 6.30. The molecule has 2 aliphatic rings. The molecule has 0 radical (unpaired) electrons. The number of fused-ring (bicyclic) bond motifs is 1. The van der Waals surface area contributed by atoms with Crippen molar-refractivity contribution in [1.29, 1.82) is 0 Å². The summed E-state index contributed by atoms with van der Waals surface area (Å²) in [5.74, 6) is -3.57. The second-order valence-electron chi connectivity index (χ2n) is 10.1. The summed E-state index contributed by atoms with van der Waals surface area (Å²) in [4.78, 5) is 66.6. The molecular formula is C32H27ClN2O7. The number of carbonyl (C=O) groups is 5. The molecule has 1 fully saturated rings. The van der Waals surface area contributed by atoms with Gasteiger partial charge in [-0.15, -0.1) is 0 Å². The van der Waals surface area contributed by atoms with E-state index in [9.17, 15) is 24.0 Å². The van der Waals surface area contributed by atoms with E-state index in [0.717, 1.165) is 10.0 Å². The number of halogens is 1. The van der Waals surface area contributed by atoms with Gasteiger partial charge in [-0.05, 0) is 79.1 Å². The number of hydrogen-bond acceptors (Lipinski definition) is 7. The molecule has 1 saturated heterocycles. The number of imide groups is 1. The molecule has 0 aromatic heterocycles. The van der Waals surface area contributed by atoms with E-state index in [1.54, 1.807) is 24.3 Å². The van der Waals surface area contributed by atoms with Gasteiger partial charge in [0, 0.05) is 16.1 Å². The van der Waals surface area contributed by atoms with Crippen LogP contribution in [0.2, 0.25) is 5.02 Å². The molecule has 0 spiro atoms. The zero-order chi connectivity index (χ0) is 30.0. The Morgan fingerprint density at radius 1 is 0.905 bits per heavy atom. The fraction of sp³-hybridized carbons (Fsp3) is 0.219. The highest BCUT2D eigenvalue weighted by atomic mass is 35.5. The zero-order valence-corrected chi connectivity index (χ0v) is 23.6. The molecule has 42 heavy (non-hydrogen) atoms. The molecular weight excluding hydrogens is 560 g/mol. The number of rotatable bonds is 8. The molecule has 0 saturated carbocycles. The molecule has 9 nitrogen and oxygen atoms in total. The van der Waals surface area contributed by atoms with Crippen LogP contribution in [0.15, 0.2) is 84.9 Å². The van der Waals surface area contributed by atoms with Gasteiger partial charge in [0.05, 0.1) is 24.5 Å². The number of benzene rings is 3. The molecule has 3 aromatic rings. The van der Waals surface area contributed by atoms with Gasteiger partial charge in [-0.25, -0.2) is 9.80 Å². The van der Waals surface area contributed by atoms with Crippen LogP contribution in [-0.2, 0) is 9.59 Å². The largest absolute Gasteiger partial charge is 0.497 e. The third kappa shape index (κ3) is 5.69. The summed E-state index contributed by atoms with van der Waals surface area (Å²) >= 11 is 5.98. The molecule has 3 aromatic carbocycles. The van der Waals surface area contributed by atoms with Crippen LogP contribution in [0, 0.1) is 17.8 Å². The Kier molecular flexibility index (Phi) is 8.22. The Bertz CT molecular complexity index is 1580. The van der Waals surface area contributed by atoms with E-state index in [1.807, 2.05) is 19.1 Å². The summed E-state index contributed by atoms with van der Waals surface area (Å²) in [7, 11) is 1.49. The first kappa shape index (κ1) is 28.8. The maximum Gasteiger partial charge on any atom is 0.343 e. The van der Waals surface area contributed by atoms with E-state index in [4.69, 9.17) is 21.1 Å². The summed E-state index contributed by atoms with van der Waals surface area (Å²) in [6.07, 6.45) is 4.12. The highest BCUT2D eigenvalue weighted by Crippen LogP contribution is 2.39. The van der Waals surface area contributed by atoms with E-state index in [-0.39, 0.29) is 28.4 Å². The fourth-order valence-corrected chi connectivity index (χ4v) is 5.32. The van der Waals surface area contributed by atoms with Gasteiger partial charge in [0.25, 0.3) is 17.7 Å². The molecule has 3 atom stereocenters. The van der Waals surface area contributed by atoms with Crippen molar-refractivity contribution in [3.63, 3.8) is 0 Å². The van der Waals surface area contributed by atoms with E-state index < -0.39 is 47.9 Å². The lowest BCUT2D eigenvalue weighted by Gasteiger charge is -2.30. The number of hydrazine groups is 1. The quantitative estimate of drug-likeness (QED) is 0.120. The maximum absolute atomic E-state index is 13.6. The van der Waals surface area contributed by atoms with Crippen molar-refractivity contribution in [1.82, 2.24) is 10.0 Å². The second kappa shape index (κ2) is 12.0. The van der Waals surface area contributed by atoms with Gasteiger partial charge in [0.1, 0.15) is 18.0 Å². The first-order chi connectivity index (χ1) is 20.2. The van der Waals surface area contributed by atoms with E-state index in [2.05, 4.69) is 0 Å². The fourth-order valence-electron chi connectivity index (χ4n) is 5.20. The average molecular weight is 587 g/mol. The Morgan fingerprint density at radius 2 is 1.60 bits per heavy atom. The summed E-state index contributed by atoms with van der Waals surface area (Å²) in [5.41, 5.74) is 0.640. The van der Waals surface area contributed by atoms with Crippen LogP contribution >= 0.6 is 11.6 Å². The number of Topliss-reactive ketones (excluding diaryl/α,β-unsaturated/α-hetero) is 1. The van der Waals surface area contributed by atoms with Gasteiger partial charge in [-0.3, -0.25) is 19.2 Å². The average Bonchev–Trinajstić information content (AvgIpc) is 3.26. The van der Waals surface area contributed by atoms with E-state index >= 15 is 0 Å². The standard InChI is InChI=1S/C32H27ClN2O7/c1-19-5-3-8-26-28(19)31(39)35(30(26)38)34(29(37)21-9-13-23(33)14-10-21)18-27(36)20-11-15-24(16-12-20)42-32(40)22-6-4-7-25(17-22)41-2/h3-7,9-17,19,26,28H,8,18H2,1-2H3/t19-,26-,28+/m1/s1. The monoisotopic (exact) mass is 586 g/mol. The van der Waals surface area contributed by atoms with Crippen LogP contribution in [0.25, 0.3) is 0 Å². The molecule has 1 aliphatic heterocycles. The van der Waals surface area contributed by atoms with Crippen molar-refractivity contribution in [2.24, 2.45) is 17.8 Å². The third-order valence-electron chi connectivity index (χ3n) is 7.40. The molecule has 0 bridgehead atoms. The number of esters is 1. The van der Waals surface area contributed by atoms with Crippen molar-refractivity contribution in [2.45, 2.75) is 13.3 Å². The van der Waals surface area contributed by atoms with Crippen molar-refractivity contribution in [3.05, 3.63) is 107 Å². The molecule has 214 valence electrons. The van der Waals surface area contributed by atoms with Gasteiger partial charge in [0.2, 0.25) is 0 Å². The van der Waals surface area contributed by atoms with Crippen molar-refractivity contribution >= 4 is 41.1 Å². The van der Waals surface area contributed by atoms with Gasteiger partial charge in [-0.2, -0.15) is 5.01 Å². The SMILES string of the molecule is COc1cccc(C(=O)Oc2ccc(C(=O)CN(C(=O)c3ccc(Cl)cc3)N3C(=O)[C@H]4[C@H](C)C=CC[C@H]4C3=O)cc2)c1. The Morgan fingerprint density at radius 3 is 2.26 bits per heavy atom. The summed E-state index contributed by atoms with van der Waals surface area (Å²) in [6.45, 7) is 1.28. The summed E-state index contributed by atoms with van der Waals surface area (Å²) in [6, 6.07) is 18.2. The van der Waals surface area contributed by atoms with Crippen LogP contribution in [0.3, 0.4) is 0 Å². The molecule has 0 N–H and O–H groups in total. The van der Waals surface area contributed by atoms with Crippen LogP contribution in [-0.4, -0.2) is 53.1 Å². The lowest BCUT2D eigenvalue weighted by Crippen LogP contribution is -2.52. The molecule has 1 heterocycles. The van der Waals surface area contributed by atoms with Crippen molar-refractivity contribution in [3.8, 4) is 11.5 Å². The number of ketones is 1. The summed E-state index contributed by atoms with van der Waals surface area (Å²) in [5, 5.41) is 2.15. The normalized spacial score (nSPS) is 19.3. The molecule has 0 unspecified atom stereocenters. The lowest BCUT2D eigenvalue weighted by molar-refractivity contribution is -0.154. The van der Waals surface area contributed by atoms with Crippen molar-refractivity contribution < 1.29 is 33.4 Å². The summed E-state index contributed by atoms with van der Waals surface area (Å²) < 4.78 is 10.5. The van der Waals surface area contributed by atoms with E-state index in [0.29, 0.717) is 17.2 Å². The minimum absolute atomic E-state index is 0.161. The first-order valence-electron chi connectivity index (χ1n) is 13.3. The Labute approximate surface area is 247 Å². The zero-order valence-electron chi connectivity index (χ0n) is 22.9. The van der Waals surface area contributed by atoms with Crippen LogP contribution in [0.1, 0.15) is 44.4 Å². The number of carbonyl (C=O) groups excluding carboxylic acids is 5. The lowest BCUT2D eigenvalue weighted by atomic mass is 9.78. The van der Waals surface area contributed by atoms with E-state index in [1.165, 1.54) is 55.6 Å². The first-order valence-corrected chi connectivity index (χ1v) is 13.7. The number of hydrogen-bond donors (Lipinski definition) is 0. The minimum atomic E-state index is -0.690. The van der Waals surface area contributed by atoms with Crippen LogP contribution < -0.4 is 9.47 Å². The predicted octanol–water partition coefficient (Wildman–Crippen LogP) is 5.01. The third-order valence-corrected chi connectivity index (χ3v) is 7.65. The molecule has 1 aliphatic carbocycles. The van der Waals surface area contributed by atoms with Crippen molar-refractivity contribution in [2.75, 3.05) is 13.7 Å². The predicted molar refractivity (Wildman–Crippen MR) is 153 cm³/mol. The number of methoxy groups -OCH3 is 1. The minimum Gasteiger partial charge on any atom is -0.497 e. The van der Waals surface area contributed by atoms with Crippen LogP contribution in [0.4, 0.5) is 0 Å². The van der Waals surface area contributed by atoms with Gasteiger partial charge >= 0.3 is 5.97 Å². The Hall–Kier alpha value is -4.76. The van der Waals surface area contributed by atoms with Gasteiger partial charge < -0.3 is 9.47 Å². The number of ether oxygens (including phenoxy) is 2. The van der Waals surface area contributed by atoms with Crippen LogP contribution in [0.5, 0.6) is 11.5 Å². The number of allylic oxidation sites excluding steroid dienone is 2. The number of nitrogens with zero attached hydrogens (tertiary/aromatic N) is 2. The number of amides is 3. The molecule has 3 amide bonds.